The maximum atomic E-state index is 12.1. The molecule has 4 nitrogen and oxygen atoms in total. The number of rotatable bonds is 4. The van der Waals surface area contributed by atoms with Crippen molar-refractivity contribution in [1.29, 1.82) is 0 Å². The van der Waals surface area contributed by atoms with Gasteiger partial charge in [0.25, 0.3) is 0 Å². The van der Waals surface area contributed by atoms with Crippen molar-refractivity contribution in [2.24, 2.45) is 11.8 Å². The fourth-order valence-corrected chi connectivity index (χ4v) is 2.59. The highest BCUT2D eigenvalue weighted by Gasteiger charge is 2.39. The zero-order chi connectivity index (χ0) is 14.5. The van der Waals surface area contributed by atoms with Gasteiger partial charge in [-0.1, -0.05) is 24.0 Å². The molecule has 0 spiro atoms. The van der Waals surface area contributed by atoms with Gasteiger partial charge in [-0.2, -0.15) is 0 Å². The average molecular weight is 270 g/mol. The van der Waals surface area contributed by atoms with E-state index in [1.54, 1.807) is 0 Å². The maximum Gasteiger partial charge on any atom is 0.336 e. The number of terminal acetylenes is 2. The quantitative estimate of drug-likeness (QED) is 0.438. The molecule has 2 bridgehead atoms. The summed E-state index contributed by atoms with van der Waals surface area (Å²) in [5.74, 6) is 3.15. The van der Waals surface area contributed by atoms with Crippen molar-refractivity contribution < 1.29 is 19.1 Å². The van der Waals surface area contributed by atoms with Crippen molar-refractivity contribution in [2.75, 3.05) is 13.2 Å². The van der Waals surface area contributed by atoms with Gasteiger partial charge in [0, 0.05) is 11.8 Å². The van der Waals surface area contributed by atoms with Gasteiger partial charge in [-0.05, 0) is 12.8 Å². The van der Waals surface area contributed by atoms with E-state index in [0.29, 0.717) is 11.1 Å². The standard InChI is InChI=1S/C16H14O4/c1-3-9-19-15(17)13-11-5-7-12(8-6-11)14(13)16(18)20-10-4-2/h1-2,5,7,11-12H,6,8-10H2/t11-,12+. The predicted molar refractivity (Wildman–Crippen MR) is 72.0 cm³/mol. The Bertz CT molecular complexity index is 518. The Morgan fingerprint density at radius 1 is 1.00 bits per heavy atom. The lowest BCUT2D eigenvalue weighted by Gasteiger charge is -2.33. The molecule has 0 fully saturated rings. The fraction of sp³-hybridized carbons (Fsp3) is 0.375. The van der Waals surface area contributed by atoms with Crippen molar-refractivity contribution >= 4 is 11.9 Å². The summed E-state index contributed by atoms with van der Waals surface area (Å²) < 4.78 is 9.91. The molecule has 3 aliphatic carbocycles. The molecule has 3 rings (SSSR count). The van der Waals surface area contributed by atoms with Crippen LogP contribution in [0.4, 0.5) is 0 Å². The monoisotopic (exact) mass is 270 g/mol. The first kappa shape index (κ1) is 14.0. The minimum Gasteiger partial charge on any atom is -0.449 e. The molecule has 0 N–H and O–H groups in total. The Morgan fingerprint density at radius 2 is 1.40 bits per heavy atom. The highest BCUT2D eigenvalue weighted by molar-refractivity contribution is 6.02. The van der Waals surface area contributed by atoms with Gasteiger partial charge in [0.05, 0.1) is 11.1 Å². The molecule has 0 saturated heterocycles. The Labute approximate surface area is 117 Å². The van der Waals surface area contributed by atoms with E-state index in [-0.39, 0.29) is 25.0 Å². The van der Waals surface area contributed by atoms with E-state index in [1.807, 2.05) is 12.2 Å². The molecule has 2 atom stereocenters. The molecule has 102 valence electrons. The van der Waals surface area contributed by atoms with Crippen LogP contribution in [0.2, 0.25) is 0 Å². The smallest absolute Gasteiger partial charge is 0.336 e. The number of esters is 2. The minimum absolute atomic E-state index is 0.112. The Hall–Kier alpha value is -2.46. The van der Waals surface area contributed by atoms with Crippen LogP contribution in [0.15, 0.2) is 23.3 Å². The average Bonchev–Trinajstić information content (AvgIpc) is 2.50. The Kier molecular flexibility index (Phi) is 4.27. The summed E-state index contributed by atoms with van der Waals surface area (Å²) in [6.07, 6.45) is 15.6. The van der Waals surface area contributed by atoms with E-state index in [0.717, 1.165) is 12.8 Å². The first-order chi connectivity index (χ1) is 9.69. The molecule has 0 amide bonds. The van der Waals surface area contributed by atoms with E-state index in [9.17, 15) is 9.59 Å². The van der Waals surface area contributed by atoms with Crippen LogP contribution in [-0.2, 0) is 19.1 Å². The summed E-state index contributed by atoms with van der Waals surface area (Å²) in [7, 11) is 0. The molecule has 0 radical (unpaired) electrons. The largest absolute Gasteiger partial charge is 0.449 e. The molecule has 0 aliphatic heterocycles. The molecule has 0 aromatic rings. The van der Waals surface area contributed by atoms with Crippen LogP contribution in [0.1, 0.15) is 12.8 Å². The zero-order valence-corrected chi connectivity index (χ0v) is 10.9. The van der Waals surface area contributed by atoms with E-state index in [1.165, 1.54) is 0 Å². The molecule has 0 saturated carbocycles. The lowest BCUT2D eigenvalue weighted by molar-refractivity contribution is -0.142. The number of hydrogen-bond acceptors (Lipinski definition) is 4. The van der Waals surface area contributed by atoms with Gasteiger partial charge in [-0.25, -0.2) is 9.59 Å². The van der Waals surface area contributed by atoms with E-state index < -0.39 is 11.9 Å². The Balaban J connectivity index is 2.29. The van der Waals surface area contributed by atoms with Crippen LogP contribution in [0.5, 0.6) is 0 Å². The van der Waals surface area contributed by atoms with Crippen LogP contribution < -0.4 is 0 Å². The van der Waals surface area contributed by atoms with Gasteiger partial charge in [0.2, 0.25) is 0 Å². The number of carbonyl (C=O) groups is 2. The van der Waals surface area contributed by atoms with E-state index >= 15 is 0 Å². The number of ether oxygens (including phenoxy) is 2. The van der Waals surface area contributed by atoms with Crippen LogP contribution in [-0.4, -0.2) is 25.2 Å². The summed E-state index contributed by atoms with van der Waals surface area (Å²) in [6, 6.07) is 0. The van der Waals surface area contributed by atoms with Gasteiger partial charge in [0.15, 0.2) is 13.2 Å². The third-order valence-electron chi connectivity index (χ3n) is 3.41. The lowest BCUT2D eigenvalue weighted by atomic mass is 9.71. The minimum atomic E-state index is -0.547. The first-order valence-electron chi connectivity index (χ1n) is 6.32. The summed E-state index contributed by atoms with van der Waals surface area (Å²) >= 11 is 0. The molecular weight excluding hydrogens is 256 g/mol. The van der Waals surface area contributed by atoms with Crippen LogP contribution in [0.25, 0.3) is 0 Å². The zero-order valence-electron chi connectivity index (χ0n) is 10.9. The van der Waals surface area contributed by atoms with Crippen molar-refractivity contribution in [2.45, 2.75) is 12.8 Å². The lowest BCUT2D eigenvalue weighted by Crippen LogP contribution is -2.32. The molecule has 4 heteroatoms. The van der Waals surface area contributed by atoms with Crippen molar-refractivity contribution in [3.05, 3.63) is 23.3 Å². The van der Waals surface area contributed by atoms with Gasteiger partial charge < -0.3 is 9.47 Å². The Morgan fingerprint density at radius 3 is 1.70 bits per heavy atom. The van der Waals surface area contributed by atoms with Crippen molar-refractivity contribution in [1.82, 2.24) is 0 Å². The highest BCUT2D eigenvalue weighted by Crippen LogP contribution is 2.41. The molecule has 0 unspecified atom stereocenters. The molecule has 0 heterocycles. The fourth-order valence-electron chi connectivity index (χ4n) is 2.59. The molecular formula is C16H14O4. The molecule has 0 aromatic carbocycles. The third-order valence-corrected chi connectivity index (χ3v) is 3.41. The number of carbonyl (C=O) groups excluding carboxylic acids is 2. The second-order valence-electron chi connectivity index (χ2n) is 4.56. The summed E-state index contributed by atoms with van der Waals surface area (Å²) in [6.45, 7) is -0.230. The van der Waals surface area contributed by atoms with Gasteiger partial charge in [-0.15, -0.1) is 12.8 Å². The van der Waals surface area contributed by atoms with Crippen molar-refractivity contribution in [3.8, 4) is 24.7 Å². The second kappa shape index (κ2) is 6.12. The van der Waals surface area contributed by atoms with Crippen LogP contribution in [0, 0.1) is 36.5 Å². The summed E-state index contributed by atoms with van der Waals surface area (Å²) in [5.41, 5.74) is 0.724. The summed E-state index contributed by atoms with van der Waals surface area (Å²) in [4.78, 5) is 24.2. The maximum absolute atomic E-state index is 12.1. The number of hydrogen-bond donors (Lipinski definition) is 0. The topological polar surface area (TPSA) is 52.6 Å². The van der Waals surface area contributed by atoms with Gasteiger partial charge in [-0.3, -0.25) is 0 Å². The highest BCUT2D eigenvalue weighted by atomic mass is 16.5. The SMILES string of the molecule is C#CCOC(=O)C1=C(C(=O)OCC#C)[C@H]2C=C[C@@H]1CC2. The second-order valence-corrected chi connectivity index (χ2v) is 4.56. The normalized spacial score (nSPS) is 22.9. The first-order valence-corrected chi connectivity index (χ1v) is 6.32. The predicted octanol–water partition coefficient (Wildman–Crippen LogP) is 1.23. The van der Waals surface area contributed by atoms with Crippen molar-refractivity contribution in [3.63, 3.8) is 0 Å². The third kappa shape index (κ3) is 2.60. The van der Waals surface area contributed by atoms with Gasteiger partial charge in [0.1, 0.15) is 0 Å². The number of allylic oxidation sites excluding steroid dienone is 2. The van der Waals surface area contributed by atoms with E-state index in [2.05, 4.69) is 11.8 Å². The van der Waals surface area contributed by atoms with Crippen LogP contribution >= 0.6 is 0 Å². The number of fused-ring (bicyclic) bond motifs is 1. The molecule has 20 heavy (non-hydrogen) atoms. The molecule has 0 aromatic heterocycles. The molecule has 3 aliphatic rings. The van der Waals surface area contributed by atoms with Gasteiger partial charge >= 0.3 is 11.9 Å². The van der Waals surface area contributed by atoms with Crippen LogP contribution in [0.3, 0.4) is 0 Å². The summed E-state index contributed by atoms with van der Waals surface area (Å²) in [5, 5.41) is 0. The van der Waals surface area contributed by atoms with E-state index in [4.69, 9.17) is 22.3 Å².